The molecular formula is C14H12ClNO6S. The van der Waals surface area contributed by atoms with Crippen molar-refractivity contribution in [3.63, 3.8) is 0 Å². The second-order valence-electron chi connectivity index (χ2n) is 4.52. The number of nitro benzene ring substituents is 1. The van der Waals surface area contributed by atoms with Crippen molar-refractivity contribution in [1.29, 1.82) is 0 Å². The van der Waals surface area contributed by atoms with Crippen molar-refractivity contribution in [3.8, 4) is 11.5 Å². The highest BCUT2D eigenvalue weighted by Gasteiger charge is 2.24. The summed E-state index contributed by atoms with van der Waals surface area (Å²) in [5.74, 6) is 0.578. The Balaban J connectivity index is 2.41. The van der Waals surface area contributed by atoms with Crippen molar-refractivity contribution in [1.82, 2.24) is 0 Å². The van der Waals surface area contributed by atoms with Crippen LogP contribution in [0.5, 0.6) is 11.5 Å². The second kappa shape index (κ2) is 6.43. The van der Waals surface area contributed by atoms with E-state index in [1.165, 1.54) is 38.3 Å². The number of ether oxygens (including phenoxy) is 1. The molecule has 7 nitrogen and oxygen atoms in total. The fourth-order valence-corrected chi connectivity index (χ4v) is 3.04. The molecular weight excluding hydrogens is 346 g/mol. The van der Waals surface area contributed by atoms with Gasteiger partial charge in [-0.1, -0.05) is 11.6 Å². The van der Waals surface area contributed by atoms with Crippen molar-refractivity contribution < 1.29 is 22.3 Å². The van der Waals surface area contributed by atoms with Crippen LogP contribution in [0.4, 0.5) is 5.69 Å². The maximum absolute atomic E-state index is 12.3. The minimum absolute atomic E-state index is 0.0314. The quantitative estimate of drug-likeness (QED) is 0.462. The first-order valence-corrected chi connectivity index (χ1v) is 8.06. The number of hydrogen-bond acceptors (Lipinski definition) is 6. The van der Waals surface area contributed by atoms with Crippen LogP contribution in [0.3, 0.4) is 0 Å². The first-order valence-electron chi connectivity index (χ1n) is 6.27. The van der Waals surface area contributed by atoms with Gasteiger partial charge in [0.05, 0.1) is 17.1 Å². The molecule has 0 radical (unpaired) electrons. The summed E-state index contributed by atoms with van der Waals surface area (Å²) in [6.45, 7) is 1.43. The molecule has 0 aliphatic heterocycles. The number of hydrogen-bond donors (Lipinski definition) is 0. The largest absolute Gasteiger partial charge is 0.497 e. The lowest BCUT2D eigenvalue weighted by Gasteiger charge is -2.09. The summed E-state index contributed by atoms with van der Waals surface area (Å²) >= 11 is 5.87. The minimum atomic E-state index is -4.26. The van der Waals surface area contributed by atoms with Gasteiger partial charge < -0.3 is 8.92 Å². The summed E-state index contributed by atoms with van der Waals surface area (Å²) in [5, 5.41) is 10.9. The summed E-state index contributed by atoms with van der Waals surface area (Å²) in [6.07, 6.45) is 0. The lowest BCUT2D eigenvalue weighted by Crippen LogP contribution is -2.10. The standard InChI is InChI=1S/C14H12ClNO6S/c1-9-13(15)7-12(8-14(9)16(17)18)23(19,20)22-11-5-3-10(21-2)4-6-11/h3-8H,1-2H3. The molecule has 2 aromatic carbocycles. The molecule has 0 fully saturated rings. The monoisotopic (exact) mass is 357 g/mol. The average Bonchev–Trinajstić information content (AvgIpc) is 2.49. The van der Waals surface area contributed by atoms with Gasteiger partial charge in [-0.25, -0.2) is 0 Å². The van der Waals surface area contributed by atoms with Gasteiger partial charge in [0.25, 0.3) is 5.69 Å². The maximum Gasteiger partial charge on any atom is 0.339 e. The second-order valence-corrected chi connectivity index (χ2v) is 6.47. The number of benzene rings is 2. The van der Waals surface area contributed by atoms with E-state index in [9.17, 15) is 18.5 Å². The Bertz CT molecular complexity index is 848. The molecule has 0 N–H and O–H groups in total. The van der Waals surface area contributed by atoms with E-state index in [0.717, 1.165) is 12.1 Å². The lowest BCUT2D eigenvalue weighted by atomic mass is 10.2. The SMILES string of the molecule is COc1ccc(OS(=O)(=O)c2cc(Cl)c(C)c([N+](=O)[O-])c2)cc1. The van der Waals surface area contributed by atoms with Crippen LogP contribution in [0.25, 0.3) is 0 Å². The van der Waals surface area contributed by atoms with Crippen molar-refractivity contribution >= 4 is 27.4 Å². The van der Waals surface area contributed by atoms with E-state index < -0.39 is 25.6 Å². The van der Waals surface area contributed by atoms with Gasteiger partial charge in [-0.15, -0.1) is 0 Å². The third-order valence-corrected chi connectivity index (χ3v) is 4.66. The van der Waals surface area contributed by atoms with E-state index >= 15 is 0 Å². The Morgan fingerprint density at radius 3 is 2.22 bits per heavy atom. The molecule has 0 heterocycles. The molecule has 0 atom stereocenters. The molecule has 2 rings (SSSR count). The van der Waals surface area contributed by atoms with Gasteiger partial charge in [0.1, 0.15) is 16.4 Å². The number of nitro groups is 1. The van der Waals surface area contributed by atoms with E-state index in [1.807, 2.05) is 0 Å². The zero-order valence-electron chi connectivity index (χ0n) is 12.1. The van der Waals surface area contributed by atoms with Gasteiger partial charge in [0, 0.05) is 11.6 Å². The zero-order chi connectivity index (χ0) is 17.2. The van der Waals surface area contributed by atoms with Gasteiger partial charge in [-0.3, -0.25) is 10.1 Å². The van der Waals surface area contributed by atoms with Gasteiger partial charge >= 0.3 is 10.1 Å². The van der Waals surface area contributed by atoms with Crippen LogP contribution in [0.1, 0.15) is 5.56 Å². The molecule has 2 aromatic rings. The third kappa shape index (κ3) is 3.72. The van der Waals surface area contributed by atoms with Gasteiger partial charge in [-0.05, 0) is 37.3 Å². The number of rotatable bonds is 5. The topological polar surface area (TPSA) is 95.7 Å². The third-order valence-electron chi connectivity index (χ3n) is 3.04. The Hall–Kier alpha value is -2.32. The smallest absolute Gasteiger partial charge is 0.339 e. The highest BCUT2D eigenvalue weighted by atomic mass is 35.5. The van der Waals surface area contributed by atoms with Crippen molar-refractivity contribution in [2.24, 2.45) is 0 Å². The Kier molecular flexibility index (Phi) is 4.76. The Morgan fingerprint density at radius 1 is 1.13 bits per heavy atom. The summed E-state index contributed by atoms with van der Waals surface area (Å²) in [4.78, 5) is 9.89. The van der Waals surface area contributed by atoms with Crippen molar-refractivity contribution in [3.05, 3.63) is 57.1 Å². The van der Waals surface area contributed by atoms with Gasteiger partial charge in [0.2, 0.25) is 0 Å². The maximum atomic E-state index is 12.3. The molecule has 0 aliphatic carbocycles. The first-order chi connectivity index (χ1) is 10.7. The van der Waals surface area contributed by atoms with Gasteiger partial charge in [0.15, 0.2) is 0 Å². The Morgan fingerprint density at radius 2 is 1.70 bits per heavy atom. The Labute approximate surface area is 137 Å². The van der Waals surface area contributed by atoms with Crippen molar-refractivity contribution in [2.75, 3.05) is 7.11 Å². The average molecular weight is 358 g/mol. The molecule has 0 spiro atoms. The zero-order valence-corrected chi connectivity index (χ0v) is 13.7. The summed E-state index contributed by atoms with van der Waals surface area (Å²) in [6, 6.07) is 7.88. The number of methoxy groups -OCH3 is 1. The fourth-order valence-electron chi connectivity index (χ4n) is 1.78. The van der Waals surface area contributed by atoms with Crippen molar-refractivity contribution in [2.45, 2.75) is 11.8 Å². The normalized spacial score (nSPS) is 11.1. The molecule has 9 heteroatoms. The van der Waals surface area contributed by atoms with Crippen LogP contribution in [0.2, 0.25) is 5.02 Å². The van der Waals surface area contributed by atoms with E-state index in [0.29, 0.717) is 5.75 Å². The molecule has 0 unspecified atom stereocenters. The number of nitrogens with zero attached hydrogens (tertiary/aromatic N) is 1. The molecule has 122 valence electrons. The first kappa shape index (κ1) is 17.0. The predicted molar refractivity (Wildman–Crippen MR) is 83.7 cm³/mol. The molecule has 23 heavy (non-hydrogen) atoms. The minimum Gasteiger partial charge on any atom is -0.497 e. The van der Waals surface area contributed by atoms with E-state index in [1.54, 1.807) is 0 Å². The predicted octanol–water partition coefficient (Wildman–Crippen LogP) is 3.33. The van der Waals surface area contributed by atoms with E-state index in [-0.39, 0.29) is 16.3 Å². The summed E-state index contributed by atoms with van der Waals surface area (Å²) < 4.78 is 34.4. The van der Waals surface area contributed by atoms with Crippen LogP contribution in [0, 0.1) is 17.0 Å². The molecule has 0 aliphatic rings. The van der Waals surface area contributed by atoms with Crippen LogP contribution in [-0.4, -0.2) is 20.5 Å². The van der Waals surface area contributed by atoms with Crippen LogP contribution >= 0.6 is 11.6 Å². The highest BCUT2D eigenvalue weighted by Crippen LogP contribution is 2.31. The van der Waals surface area contributed by atoms with E-state index in [4.69, 9.17) is 20.5 Å². The van der Waals surface area contributed by atoms with Crippen LogP contribution in [-0.2, 0) is 10.1 Å². The molecule has 0 saturated carbocycles. The lowest BCUT2D eigenvalue weighted by molar-refractivity contribution is -0.385. The molecule has 0 aromatic heterocycles. The molecule has 0 saturated heterocycles. The summed E-state index contributed by atoms with van der Waals surface area (Å²) in [7, 11) is -2.79. The molecule has 0 amide bonds. The summed E-state index contributed by atoms with van der Waals surface area (Å²) in [5.41, 5.74) is -0.213. The number of halogens is 1. The van der Waals surface area contributed by atoms with Crippen LogP contribution in [0.15, 0.2) is 41.3 Å². The molecule has 0 bridgehead atoms. The van der Waals surface area contributed by atoms with E-state index in [2.05, 4.69) is 0 Å². The van der Waals surface area contributed by atoms with Gasteiger partial charge in [-0.2, -0.15) is 8.42 Å². The van der Waals surface area contributed by atoms with Crippen LogP contribution < -0.4 is 8.92 Å². The fraction of sp³-hybridized carbons (Fsp3) is 0.143. The highest BCUT2D eigenvalue weighted by molar-refractivity contribution is 7.87.